The van der Waals surface area contributed by atoms with Gasteiger partial charge in [-0.1, -0.05) is 6.08 Å². The number of nitrogens with zero attached hydrogens (tertiary/aromatic N) is 2. The van der Waals surface area contributed by atoms with Gasteiger partial charge in [-0.05, 0) is 19.1 Å². The Balaban J connectivity index is 3.30. The van der Waals surface area contributed by atoms with Crippen molar-refractivity contribution in [2.45, 2.75) is 6.92 Å². The van der Waals surface area contributed by atoms with Crippen LogP contribution in [0.1, 0.15) is 17.3 Å². The molecule has 0 aliphatic heterocycles. The number of likely N-dealkylation sites (N-methyl/N-ethyl adjacent to an activating group) is 1. The molecular formula is C12H14N2O4. The molecule has 0 unspecified atom stereocenters. The first-order valence-corrected chi connectivity index (χ1v) is 5.38. The Labute approximate surface area is 104 Å². The lowest BCUT2D eigenvalue weighted by molar-refractivity contribution is -0.384. The third kappa shape index (κ3) is 2.85. The summed E-state index contributed by atoms with van der Waals surface area (Å²) in [6.07, 6.45) is 1.64. The smallest absolute Gasteiger partial charge is 0.335 e. The van der Waals surface area contributed by atoms with Crippen LogP contribution in [0.5, 0.6) is 0 Å². The lowest BCUT2D eigenvalue weighted by Gasteiger charge is -2.21. The number of aromatic carboxylic acids is 1. The van der Waals surface area contributed by atoms with Crippen LogP contribution in [-0.4, -0.2) is 29.1 Å². The second-order valence-corrected chi connectivity index (χ2v) is 3.59. The van der Waals surface area contributed by atoms with Gasteiger partial charge in [0, 0.05) is 19.2 Å². The molecule has 0 aliphatic rings. The zero-order valence-corrected chi connectivity index (χ0v) is 10.00. The average Bonchev–Trinajstić information content (AvgIpc) is 2.35. The summed E-state index contributed by atoms with van der Waals surface area (Å²) in [6, 6.07) is 3.88. The quantitative estimate of drug-likeness (QED) is 0.475. The Bertz CT molecular complexity index is 485. The number of carboxylic acid groups (broad SMARTS) is 1. The fraction of sp³-hybridized carbons (Fsp3) is 0.250. The second kappa shape index (κ2) is 5.81. The van der Waals surface area contributed by atoms with Crippen LogP contribution in [0.3, 0.4) is 0 Å². The molecule has 1 rings (SSSR count). The molecule has 96 valence electrons. The maximum atomic E-state index is 11.0. The van der Waals surface area contributed by atoms with Gasteiger partial charge in [0.1, 0.15) is 5.69 Å². The molecule has 0 saturated heterocycles. The summed E-state index contributed by atoms with van der Waals surface area (Å²) in [5.41, 5.74) is 0.0890. The maximum Gasteiger partial charge on any atom is 0.335 e. The van der Waals surface area contributed by atoms with Gasteiger partial charge in [-0.25, -0.2) is 4.79 Å². The lowest BCUT2D eigenvalue weighted by Crippen LogP contribution is -2.23. The Morgan fingerprint density at radius 3 is 2.72 bits per heavy atom. The van der Waals surface area contributed by atoms with Crippen molar-refractivity contribution in [3.05, 3.63) is 46.5 Å². The number of carbonyl (C=O) groups is 1. The predicted octanol–water partition coefficient (Wildman–Crippen LogP) is 2.31. The zero-order chi connectivity index (χ0) is 13.7. The van der Waals surface area contributed by atoms with Crippen molar-refractivity contribution < 1.29 is 14.8 Å². The number of carboxylic acids is 1. The molecule has 1 aromatic carbocycles. The van der Waals surface area contributed by atoms with Gasteiger partial charge in [-0.15, -0.1) is 6.58 Å². The van der Waals surface area contributed by atoms with Crippen molar-refractivity contribution in [3.8, 4) is 0 Å². The summed E-state index contributed by atoms with van der Waals surface area (Å²) in [7, 11) is 0. The molecule has 0 spiro atoms. The van der Waals surface area contributed by atoms with Crippen LogP contribution < -0.4 is 4.90 Å². The Morgan fingerprint density at radius 2 is 2.28 bits per heavy atom. The fourth-order valence-corrected chi connectivity index (χ4v) is 1.62. The van der Waals surface area contributed by atoms with Crippen LogP contribution >= 0.6 is 0 Å². The van der Waals surface area contributed by atoms with Gasteiger partial charge in [0.15, 0.2) is 0 Å². The lowest BCUT2D eigenvalue weighted by atomic mass is 10.1. The van der Waals surface area contributed by atoms with E-state index in [0.29, 0.717) is 18.8 Å². The second-order valence-electron chi connectivity index (χ2n) is 3.59. The molecule has 1 N–H and O–H groups in total. The molecule has 0 saturated carbocycles. The van der Waals surface area contributed by atoms with E-state index in [4.69, 9.17) is 5.11 Å². The highest BCUT2D eigenvalue weighted by Crippen LogP contribution is 2.29. The van der Waals surface area contributed by atoms with E-state index in [-0.39, 0.29) is 11.3 Å². The largest absolute Gasteiger partial charge is 0.478 e. The van der Waals surface area contributed by atoms with E-state index in [1.807, 2.05) is 6.92 Å². The van der Waals surface area contributed by atoms with Gasteiger partial charge < -0.3 is 10.0 Å². The van der Waals surface area contributed by atoms with Gasteiger partial charge in [-0.3, -0.25) is 10.1 Å². The van der Waals surface area contributed by atoms with Gasteiger partial charge in [0.2, 0.25) is 0 Å². The van der Waals surface area contributed by atoms with Crippen LogP contribution in [0, 0.1) is 10.1 Å². The molecule has 18 heavy (non-hydrogen) atoms. The summed E-state index contributed by atoms with van der Waals surface area (Å²) in [5, 5.41) is 19.8. The number of rotatable bonds is 6. The summed E-state index contributed by atoms with van der Waals surface area (Å²) in [4.78, 5) is 23.0. The minimum absolute atomic E-state index is 0.0971. The molecule has 0 amide bonds. The van der Waals surface area contributed by atoms with E-state index in [2.05, 4.69) is 6.58 Å². The van der Waals surface area contributed by atoms with Crippen LogP contribution in [-0.2, 0) is 0 Å². The SMILES string of the molecule is C=CCN(CC)c1ccc(C(=O)O)cc1[N+](=O)[O-]. The van der Waals surface area contributed by atoms with Crippen molar-refractivity contribution in [2.24, 2.45) is 0 Å². The molecule has 0 aliphatic carbocycles. The molecule has 6 heteroatoms. The van der Waals surface area contributed by atoms with Crippen LogP contribution in [0.15, 0.2) is 30.9 Å². The van der Waals surface area contributed by atoms with Crippen molar-refractivity contribution in [1.29, 1.82) is 0 Å². The monoisotopic (exact) mass is 250 g/mol. The summed E-state index contributed by atoms with van der Waals surface area (Å²) in [5.74, 6) is -1.18. The summed E-state index contributed by atoms with van der Waals surface area (Å²) >= 11 is 0. The van der Waals surface area contributed by atoms with Crippen LogP contribution in [0.2, 0.25) is 0 Å². The molecule has 0 atom stereocenters. The number of hydrogen-bond donors (Lipinski definition) is 1. The topological polar surface area (TPSA) is 83.7 Å². The Kier molecular flexibility index (Phi) is 4.42. The molecule has 1 aromatic rings. The van der Waals surface area contributed by atoms with Gasteiger partial charge in [0.25, 0.3) is 5.69 Å². The van der Waals surface area contributed by atoms with E-state index in [9.17, 15) is 14.9 Å². The fourth-order valence-electron chi connectivity index (χ4n) is 1.62. The molecule has 6 nitrogen and oxygen atoms in total. The molecule has 0 heterocycles. The first-order valence-electron chi connectivity index (χ1n) is 5.38. The van der Waals surface area contributed by atoms with Gasteiger partial charge >= 0.3 is 5.97 Å². The standard InChI is InChI=1S/C12H14N2O4/c1-3-7-13(4-2)10-6-5-9(12(15)16)8-11(10)14(17)18/h3,5-6,8H,1,4,7H2,2H3,(H,15,16). The Hall–Kier alpha value is -2.37. The van der Waals surface area contributed by atoms with Gasteiger partial charge in [-0.2, -0.15) is 0 Å². The predicted molar refractivity (Wildman–Crippen MR) is 68.1 cm³/mol. The van der Waals surface area contributed by atoms with Crippen LogP contribution in [0.4, 0.5) is 11.4 Å². The van der Waals surface area contributed by atoms with Crippen molar-refractivity contribution >= 4 is 17.3 Å². The third-order valence-corrected chi connectivity index (χ3v) is 2.49. The summed E-state index contributed by atoms with van der Waals surface area (Å²) in [6.45, 7) is 6.48. The number of nitro benzene ring substituents is 1. The van der Waals surface area contributed by atoms with Crippen molar-refractivity contribution in [1.82, 2.24) is 0 Å². The van der Waals surface area contributed by atoms with E-state index in [0.717, 1.165) is 6.07 Å². The highest BCUT2D eigenvalue weighted by molar-refractivity contribution is 5.89. The minimum Gasteiger partial charge on any atom is -0.478 e. The highest BCUT2D eigenvalue weighted by atomic mass is 16.6. The zero-order valence-electron chi connectivity index (χ0n) is 10.00. The van der Waals surface area contributed by atoms with Crippen LogP contribution in [0.25, 0.3) is 0 Å². The molecule has 0 radical (unpaired) electrons. The summed E-state index contributed by atoms with van der Waals surface area (Å²) < 4.78 is 0. The molecular weight excluding hydrogens is 236 g/mol. The molecule has 0 fully saturated rings. The number of anilines is 1. The first kappa shape index (κ1) is 13.7. The minimum atomic E-state index is -1.18. The van der Waals surface area contributed by atoms with E-state index < -0.39 is 10.9 Å². The van der Waals surface area contributed by atoms with E-state index >= 15 is 0 Å². The van der Waals surface area contributed by atoms with Crippen molar-refractivity contribution in [3.63, 3.8) is 0 Å². The number of nitro groups is 1. The molecule has 0 bridgehead atoms. The Morgan fingerprint density at radius 1 is 1.61 bits per heavy atom. The van der Waals surface area contributed by atoms with E-state index in [1.54, 1.807) is 11.0 Å². The van der Waals surface area contributed by atoms with E-state index in [1.165, 1.54) is 12.1 Å². The normalized spacial score (nSPS) is 9.83. The maximum absolute atomic E-state index is 11.0. The number of benzene rings is 1. The van der Waals surface area contributed by atoms with Gasteiger partial charge in [0.05, 0.1) is 10.5 Å². The third-order valence-electron chi connectivity index (χ3n) is 2.49. The highest BCUT2D eigenvalue weighted by Gasteiger charge is 2.20. The first-order chi connectivity index (χ1) is 8.51. The molecule has 0 aromatic heterocycles. The average molecular weight is 250 g/mol. The van der Waals surface area contributed by atoms with Crippen molar-refractivity contribution in [2.75, 3.05) is 18.0 Å². The number of hydrogen-bond acceptors (Lipinski definition) is 4.